The van der Waals surface area contributed by atoms with Crippen LogP contribution in [0.5, 0.6) is 17.2 Å². The Balaban J connectivity index is 2.36. The third kappa shape index (κ3) is 3.09. The quantitative estimate of drug-likeness (QED) is 0.827. The molecular weight excluding hydrogens is 260 g/mol. The smallest absolute Gasteiger partial charge is 0.203 e. The van der Waals surface area contributed by atoms with Gasteiger partial charge in [-0.25, -0.2) is 0 Å². The van der Waals surface area contributed by atoms with Crippen molar-refractivity contribution in [3.63, 3.8) is 0 Å². The van der Waals surface area contributed by atoms with Crippen molar-refractivity contribution in [2.45, 2.75) is 0 Å². The lowest BCUT2D eigenvalue weighted by atomic mass is 10.1. The van der Waals surface area contributed by atoms with E-state index in [1.54, 1.807) is 32.7 Å². The van der Waals surface area contributed by atoms with Gasteiger partial charge in [-0.05, 0) is 40.1 Å². The van der Waals surface area contributed by atoms with E-state index in [1.807, 2.05) is 18.2 Å². The number of rotatable bonds is 5. The van der Waals surface area contributed by atoms with E-state index in [4.69, 9.17) is 14.2 Å². The maximum Gasteiger partial charge on any atom is 0.203 e. The molecule has 3 nitrogen and oxygen atoms in total. The van der Waals surface area contributed by atoms with Gasteiger partial charge in [-0.2, -0.15) is 11.3 Å². The maximum absolute atomic E-state index is 5.32. The summed E-state index contributed by atoms with van der Waals surface area (Å²) in [6.07, 6.45) is 4.07. The molecule has 0 unspecified atom stereocenters. The van der Waals surface area contributed by atoms with E-state index in [1.165, 1.54) is 5.56 Å². The molecule has 0 bridgehead atoms. The van der Waals surface area contributed by atoms with Gasteiger partial charge in [-0.3, -0.25) is 0 Å². The van der Waals surface area contributed by atoms with Gasteiger partial charge in [-0.1, -0.05) is 12.2 Å². The fourth-order valence-corrected chi connectivity index (χ4v) is 2.39. The minimum atomic E-state index is 0.609. The fraction of sp³-hybridized carbons (Fsp3) is 0.200. The first-order valence-electron chi connectivity index (χ1n) is 5.78. The maximum atomic E-state index is 5.32. The lowest BCUT2D eigenvalue weighted by molar-refractivity contribution is 0.324. The molecule has 0 aliphatic heterocycles. The summed E-state index contributed by atoms with van der Waals surface area (Å²) < 4.78 is 15.9. The molecule has 4 heteroatoms. The van der Waals surface area contributed by atoms with E-state index < -0.39 is 0 Å². The average molecular weight is 276 g/mol. The van der Waals surface area contributed by atoms with Crippen LogP contribution in [0.25, 0.3) is 12.2 Å². The topological polar surface area (TPSA) is 27.7 Å². The minimum Gasteiger partial charge on any atom is -0.493 e. The molecule has 19 heavy (non-hydrogen) atoms. The van der Waals surface area contributed by atoms with E-state index >= 15 is 0 Å². The van der Waals surface area contributed by atoms with Gasteiger partial charge in [-0.15, -0.1) is 0 Å². The Hall–Kier alpha value is -1.94. The fourth-order valence-electron chi connectivity index (χ4n) is 1.76. The monoisotopic (exact) mass is 276 g/mol. The number of hydrogen-bond donors (Lipinski definition) is 0. The van der Waals surface area contributed by atoms with Gasteiger partial charge >= 0.3 is 0 Å². The summed E-state index contributed by atoms with van der Waals surface area (Å²) in [5.41, 5.74) is 2.18. The Kier molecular flexibility index (Phi) is 4.47. The number of ether oxygens (including phenoxy) is 3. The van der Waals surface area contributed by atoms with Crippen LogP contribution in [0, 0.1) is 0 Å². The molecule has 0 spiro atoms. The molecule has 0 saturated heterocycles. The molecule has 2 aromatic rings. The van der Waals surface area contributed by atoms with Gasteiger partial charge in [0.05, 0.1) is 21.3 Å². The van der Waals surface area contributed by atoms with Crippen molar-refractivity contribution < 1.29 is 14.2 Å². The molecule has 0 aliphatic rings. The van der Waals surface area contributed by atoms with E-state index in [0.717, 1.165) is 5.56 Å². The van der Waals surface area contributed by atoms with E-state index in [0.29, 0.717) is 17.2 Å². The Bertz CT molecular complexity index is 534. The lowest BCUT2D eigenvalue weighted by Gasteiger charge is -2.12. The zero-order valence-electron chi connectivity index (χ0n) is 11.2. The van der Waals surface area contributed by atoms with Crippen molar-refractivity contribution in [3.05, 3.63) is 40.1 Å². The van der Waals surface area contributed by atoms with Crippen LogP contribution >= 0.6 is 11.3 Å². The van der Waals surface area contributed by atoms with Crippen molar-refractivity contribution in [1.29, 1.82) is 0 Å². The second-order valence-corrected chi connectivity index (χ2v) is 4.63. The first-order chi connectivity index (χ1) is 9.28. The Morgan fingerprint density at radius 1 is 0.895 bits per heavy atom. The first kappa shape index (κ1) is 13.5. The summed E-state index contributed by atoms with van der Waals surface area (Å²) in [5, 5.41) is 4.14. The summed E-state index contributed by atoms with van der Waals surface area (Å²) >= 11 is 1.68. The number of thiophene rings is 1. The van der Waals surface area contributed by atoms with Crippen LogP contribution in [0.1, 0.15) is 11.1 Å². The Labute approximate surface area is 117 Å². The summed E-state index contributed by atoms with van der Waals surface area (Å²) in [6, 6.07) is 5.91. The summed E-state index contributed by atoms with van der Waals surface area (Å²) in [5.74, 6) is 1.93. The molecule has 0 atom stereocenters. The predicted octanol–water partition coefficient (Wildman–Crippen LogP) is 3.94. The third-order valence-electron chi connectivity index (χ3n) is 2.70. The zero-order chi connectivity index (χ0) is 13.7. The minimum absolute atomic E-state index is 0.609. The molecule has 0 fully saturated rings. The molecule has 0 radical (unpaired) electrons. The Morgan fingerprint density at radius 3 is 2.00 bits per heavy atom. The van der Waals surface area contributed by atoms with E-state index in [2.05, 4.69) is 22.9 Å². The molecule has 100 valence electrons. The van der Waals surface area contributed by atoms with Crippen molar-refractivity contribution in [2.24, 2.45) is 0 Å². The molecule has 0 aliphatic carbocycles. The molecule has 0 amide bonds. The van der Waals surface area contributed by atoms with Gasteiger partial charge in [0.15, 0.2) is 11.5 Å². The second-order valence-electron chi connectivity index (χ2n) is 3.85. The molecule has 2 rings (SSSR count). The molecule has 1 aromatic heterocycles. The highest BCUT2D eigenvalue weighted by atomic mass is 32.1. The number of methoxy groups -OCH3 is 3. The van der Waals surface area contributed by atoms with Gasteiger partial charge in [0, 0.05) is 0 Å². The van der Waals surface area contributed by atoms with Gasteiger partial charge < -0.3 is 14.2 Å². The van der Waals surface area contributed by atoms with Crippen molar-refractivity contribution in [3.8, 4) is 17.2 Å². The normalized spacial score (nSPS) is 10.7. The van der Waals surface area contributed by atoms with Crippen LogP contribution in [0.2, 0.25) is 0 Å². The lowest BCUT2D eigenvalue weighted by Crippen LogP contribution is -1.95. The van der Waals surface area contributed by atoms with E-state index in [9.17, 15) is 0 Å². The standard InChI is InChI=1S/C15H16O3S/c1-16-13-8-12(5-4-11-6-7-19-10-11)9-14(17-2)15(13)18-3/h4-10H,1-3H3/b5-4-. The van der Waals surface area contributed by atoms with Crippen LogP contribution in [0.15, 0.2) is 29.0 Å². The van der Waals surface area contributed by atoms with Crippen LogP contribution in [-0.2, 0) is 0 Å². The second kappa shape index (κ2) is 6.29. The zero-order valence-corrected chi connectivity index (χ0v) is 12.0. The van der Waals surface area contributed by atoms with Gasteiger partial charge in [0.2, 0.25) is 5.75 Å². The molecule has 1 heterocycles. The SMILES string of the molecule is COc1cc(/C=C\c2ccsc2)cc(OC)c1OC. The molecule has 0 N–H and O–H groups in total. The molecule has 1 aromatic carbocycles. The number of benzene rings is 1. The largest absolute Gasteiger partial charge is 0.493 e. The van der Waals surface area contributed by atoms with Gasteiger partial charge in [0.25, 0.3) is 0 Å². The van der Waals surface area contributed by atoms with Crippen molar-refractivity contribution >= 4 is 23.5 Å². The van der Waals surface area contributed by atoms with Crippen molar-refractivity contribution in [2.75, 3.05) is 21.3 Å². The summed E-state index contributed by atoms with van der Waals surface area (Å²) in [7, 11) is 4.83. The average Bonchev–Trinajstić information content (AvgIpc) is 2.97. The van der Waals surface area contributed by atoms with Crippen molar-refractivity contribution in [1.82, 2.24) is 0 Å². The molecular formula is C15H16O3S. The van der Waals surface area contributed by atoms with Gasteiger partial charge in [0.1, 0.15) is 0 Å². The van der Waals surface area contributed by atoms with Crippen LogP contribution in [-0.4, -0.2) is 21.3 Å². The van der Waals surface area contributed by atoms with Crippen LogP contribution in [0.3, 0.4) is 0 Å². The number of hydrogen-bond acceptors (Lipinski definition) is 4. The highest BCUT2D eigenvalue weighted by Gasteiger charge is 2.11. The van der Waals surface area contributed by atoms with E-state index in [-0.39, 0.29) is 0 Å². The predicted molar refractivity (Wildman–Crippen MR) is 79.3 cm³/mol. The van der Waals surface area contributed by atoms with Crippen LogP contribution in [0.4, 0.5) is 0 Å². The summed E-state index contributed by atoms with van der Waals surface area (Å²) in [6.45, 7) is 0. The Morgan fingerprint density at radius 2 is 1.53 bits per heavy atom. The highest BCUT2D eigenvalue weighted by molar-refractivity contribution is 7.08. The molecule has 0 saturated carbocycles. The summed E-state index contributed by atoms with van der Waals surface area (Å²) in [4.78, 5) is 0. The highest BCUT2D eigenvalue weighted by Crippen LogP contribution is 2.38. The first-order valence-corrected chi connectivity index (χ1v) is 6.73. The van der Waals surface area contributed by atoms with Crippen LogP contribution < -0.4 is 14.2 Å². The third-order valence-corrected chi connectivity index (χ3v) is 3.40.